The van der Waals surface area contributed by atoms with Crippen LogP contribution in [0.2, 0.25) is 0 Å². The van der Waals surface area contributed by atoms with Gasteiger partial charge in [0.2, 0.25) is 0 Å². The molecule has 0 fully saturated rings. The van der Waals surface area contributed by atoms with E-state index in [1.165, 1.54) is 0 Å². The van der Waals surface area contributed by atoms with E-state index in [4.69, 9.17) is 25.3 Å². The summed E-state index contributed by atoms with van der Waals surface area (Å²) in [5.41, 5.74) is 0. The molecule has 0 rings (SSSR count). The van der Waals surface area contributed by atoms with Crippen molar-refractivity contribution >= 4 is 25.3 Å². The first-order valence-electron chi connectivity index (χ1n) is 1.96. The second-order valence-corrected chi connectivity index (χ2v) is 2.90. The van der Waals surface area contributed by atoms with Gasteiger partial charge in [0.05, 0.1) is 0 Å². The Hall–Kier alpha value is 1.95. The van der Waals surface area contributed by atoms with E-state index in [-0.39, 0.29) is 47.8 Å². The fourth-order valence-corrected chi connectivity index (χ4v) is 0. The quantitative estimate of drug-likeness (QED) is 0.656. The van der Waals surface area contributed by atoms with Crippen molar-refractivity contribution in [2.45, 2.75) is 24.3 Å². The summed E-state index contributed by atoms with van der Waals surface area (Å²) in [5, 5.41) is 0.500. The molecule has 0 N–H and O–H groups in total. The largest absolute Gasteiger partial charge is 0.791 e. The third kappa shape index (κ3) is 7.95. The summed E-state index contributed by atoms with van der Waals surface area (Å²) >= 11 is 9.60. The van der Waals surface area contributed by atoms with Gasteiger partial charge in [-0.1, -0.05) is 13.8 Å². The molecule has 3 heteroatoms. The predicted molar refractivity (Wildman–Crippen MR) is 33.7 cm³/mol. The van der Waals surface area contributed by atoms with Crippen LogP contribution in [0.3, 0.4) is 0 Å². The van der Waals surface area contributed by atoms with Crippen LogP contribution < -0.4 is 0 Å². The molecule has 0 aliphatic carbocycles. The average molecular weight is 288 g/mol. The van der Waals surface area contributed by atoms with Crippen molar-refractivity contribution in [2.24, 2.45) is 0 Å². The molecule has 0 radical (unpaired) electrons. The Bertz CT molecular complexity index is 30.7. The van der Waals surface area contributed by atoms with Gasteiger partial charge >= 0.3 is 0 Å². The van der Waals surface area contributed by atoms with Crippen LogP contribution in [0.25, 0.3) is 0 Å². The van der Waals surface area contributed by atoms with Crippen molar-refractivity contribution in [3.8, 4) is 0 Å². The van der Waals surface area contributed by atoms with E-state index >= 15 is 0 Å². The molecule has 2 atom stereocenters. The third-order valence-electron chi connectivity index (χ3n) is 0.661. The summed E-state index contributed by atoms with van der Waals surface area (Å²) in [6.45, 7) is 3.90. The predicted octanol–water partition coefficient (Wildman–Crippen LogP) is 0.857. The molecule has 7 heavy (non-hydrogen) atoms. The molecule has 0 aromatic heterocycles. The normalized spacial score (nSPS) is 17.1. The van der Waals surface area contributed by atoms with Gasteiger partial charge in [0.1, 0.15) is 0 Å². The Morgan fingerprint density at radius 1 is 1.00 bits per heavy atom. The molecule has 50 valence electrons. The molecular weight excluding hydrogens is 279 g/mol. The smallest absolute Gasteiger partial charge is 0 e. The van der Waals surface area contributed by atoms with E-state index in [0.717, 1.165) is 0 Å². The van der Waals surface area contributed by atoms with Gasteiger partial charge < -0.3 is 25.3 Å². The van der Waals surface area contributed by atoms with Gasteiger partial charge in [0.15, 0.2) is 0 Å². The first-order valence-corrected chi connectivity index (χ1v) is 2.90. The molecule has 2 unspecified atom stereocenters. The van der Waals surface area contributed by atoms with Crippen LogP contribution in [-0.4, -0.2) is 10.5 Å². The minimum absolute atomic E-state index is 0. The number of rotatable bonds is 1. The van der Waals surface area contributed by atoms with Gasteiger partial charge in [-0.25, -0.2) is 0 Å². The van der Waals surface area contributed by atoms with Crippen molar-refractivity contribution in [3.05, 3.63) is 0 Å². The molecule has 0 aliphatic heterocycles. The van der Waals surface area contributed by atoms with Crippen LogP contribution in [0.4, 0.5) is 0 Å². The second kappa shape index (κ2) is 6.07. The SMILES string of the molecule is CC([S-])C(C)[S-].[Er]. The van der Waals surface area contributed by atoms with Crippen LogP contribution in [0, 0.1) is 37.3 Å². The summed E-state index contributed by atoms with van der Waals surface area (Å²) in [6, 6.07) is 0. The zero-order chi connectivity index (χ0) is 5.15. The van der Waals surface area contributed by atoms with Gasteiger partial charge in [-0.05, 0) is 0 Å². The van der Waals surface area contributed by atoms with Crippen molar-refractivity contribution in [2.75, 3.05) is 0 Å². The van der Waals surface area contributed by atoms with Gasteiger partial charge in [0.25, 0.3) is 0 Å². The Kier molecular flexibility index (Phi) is 10.2. The topological polar surface area (TPSA) is 0 Å². The van der Waals surface area contributed by atoms with Crippen LogP contribution in [-0.2, 0) is 25.3 Å². The summed E-state index contributed by atoms with van der Waals surface area (Å²) in [5.74, 6) is 0. The number of hydrogen-bond donors (Lipinski definition) is 0. The Morgan fingerprint density at radius 3 is 1.14 bits per heavy atom. The Morgan fingerprint density at radius 2 is 1.14 bits per heavy atom. The fourth-order valence-electron chi connectivity index (χ4n) is 0. The summed E-state index contributed by atoms with van der Waals surface area (Å²) in [6.07, 6.45) is 0. The molecule has 0 amide bonds. The average Bonchev–Trinajstić information content (AvgIpc) is 1.36. The van der Waals surface area contributed by atoms with Crippen LogP contribution >= 0.6 is 0 Å². The van der Waals surface area contributed by atoms with Crippen molar-refractivity contribution in [1.29, 1.82) is 0 Å². The van der Waals surface area contributed by atoms with E-state index in [1.807, 2.05) is 13.8 Å². The molecule has 0 saturated heterocycles. The molecule has 0 bridgehead atoms. The van der Waals surface area contributed by atoms with E-state index < -0.39 is 0 Å². The zero-order valence-corrected chi connectivity index (χ0v) is 7.75. The van der Waals surface area contributed by atoms with E-state index in [2.05, 4.69) is 0 Å². The molecule has 0 nitrogen and oxygen atoms in total. The van der Waals surface area contributed by atoms with Crippen LogP contribution in [0.1, 0.15) is 13.8 Å². The van der Waals surface area contributed by atoms with Crippen molar-refractivity contribution in [1.82, 2.24) is 0 Å². The minimum atomic E-state index is 0. The standard InChI is InChI=1S/C4H10S2.Er/c1-3(5)4(2)6;/h3-6H,1-2H3;/p-2. The molecule has 0 heterocycles. The zero-order valence-electron chi connectivity index (χ0n) is 4.26. The van der Waals surface area contributed by atoms with E-state index in [9.17, 15) is 0 Å². The molecule has 0 spiro atoms. The minimum Gasteiger partial charge on any atom is -0.791 e. The number of hydrogen-bond acceptors (Lipinski definition) is 2. The van der Waals surface area contributed by atoms with Gasteiger partial charge in [0, 0.05) is 37.3 Å². The second-order valence-electron chi connectivity index (χ2n) is 1.41. The van der Waals surface area contributed by atoms with E-state index in [1.54, 1.807) is 0 Å². The molecule has 0 aromatic rings. The van der Waals surface area contributed by atoms with Crippen molar-refractivity contribution in [3.63, 3.8) is 0 Å². The monoisotopic (exact) mass is 286 g/mol. The molecule has 0 saturated carbocycles. The maximum atomic E-state index is 4.80. The Balaban J connectivity index is 0. The third-order valence-corrected chi connectivity index (χ3v) is 1.65. The van der Waals surface area contributed by atoms with Crippen molar-refractivity contribution < 1.29 is 37.3 Å². The van der Waals surface area contributed by atoms with E-state index in [0.29, 0.717) is 0 Å². The summed E-state index contributed by atoms with van der Waals surface area (Å²) in [7, 11) is 0. The van der Waals surface area contributed by atoms with Gasteiger partial charge in [-0.15, -0.1) is 0 Å². The van der Waals surface area contributed by atoms with Crippen LogP contribution in [0.15, 0.2) is 0 Å². The molecule has 0 aromatic carbocycles. The van der Waals surface area contributed by atoms with Gasteiger partial charge in [-0.2, -0.15) is 10.5 Å². The first kappa shape index (κ1) is 11.7. The molecular formula is C4H8ErS2-2. The molecule has 0 aliphatic rings. The Labute approximate surface area is 85.9 Å². The summed E-state index contributed by atoms with van der Waals surface area (Å²) < 4.78 is 0. The maximum Gasteiger partial charge on any atom is 0 e. The van der Waals surface area contributed by atoms with Gasteiger partial charge in [-0.3, -0.25) is 0 Å². The summed E-state index contributed by atoms with van der Waals surface area (Å²) in [4.78, 5) is 0. The fraction of sp³-hybridized carbons (Fsp3) is 1.00. The first-order chi connectivity index (χ1) is 2.64. The van der Waals surface area contributed by atoms with Crippen LogP contribution in [0.5, 0.6) is 0 Å². The maximum absolute atomic E-state index is 4.80.